The van der Waals surface area contributed by atoms with Crippen LogP contribution in [0.15, 0.2) is 42.5 Å². The molecule has 0 N–H and O–H groups in total. The molecule has 0 saturated carbocycles. The van der Waals surface area contributed by atoms with Crippen molar-refractivity contribution in [2.45, 2.75) is 13.0 Å². The number of fused-ring (bicyclic) bond motifs is 2. The Hall–Kier alpha value is -2.88. The molecule has 0 unspecified atom stereocenters. The number of anilines is 1. The quantitative estimate of drug-likeness (QED) is 0.451. The molecule has 0 aliphatic carbocycles. The highest BCUT2D eigenvalue weighted by molar-refractivity contribution is 7.18. The topological polar surface area (TPSA) is 82.8 Å². The van der Waals surface area contributed by atoms with Crippen LogP contribution in [0.4, 0.5) is 11.4 Å². The summed E-state index contributed by atoms with van der Waals surface area (Å²) in [6.07, 6.45) is 0.665. The summed E-state index contributed by atoms with van der Waals surface area (Å²) in [6.45, 7) is 5.32. The molecule has 2 aliphatic heterocycles. The van der Waals surface area contributed by atoms with Crippen LogP contribution in [0.5, 0.6) is 0 Å². The number of hydrogen-bond acceptors (Lipinski definition) is 7. The number of non-ortho nitro benzene ring substituents is 1. The lowest BCUT2D eigenvalue weighted by Gasteiger charge is -2.34. The number of carbonyl (C=O) groups excluding carboxylic acids is 1. The molecule has 8 nitrogen and oxygen atoms in total. The first-order valence-corrected chi connectivity index (χ1v) is 11.3. The van der Waals surface area contributed by atoms with Crippen molar-refractivity contribution >= 4 is 38.8 Å². The number of rotatable bonds is 5. The number of carbonyl (C=O) groups is 1. The van der Waals surface area contributed by atoms with Gasteiger partial charge < -0.3 is 4.90 Å². The highest BCUT2D eigenvalue weighted by atomic mass is 32.1. The van der Waals surface area contributed by atoms with Gasteiger partial charge in [0, 0.05) is 50.5 Å². The zero-order valence-corrected chi connectivity index (χ0v) is 17.9. The van der Waals surface area contributed by atoms with Crippen molar-refractivity contribution in [1.82, 2.24) is 14.8 Å². The summed E-state index contributed by atoms with van der Waals surface area (Å²) in [5.74, 6) is 0.0622. The van der Waals surface area contributed by atoms with Gasteiger partial charge in [-0.1, -0.05) is 12.1 Å². The van der Waals surface area contributed by atoms with Gasteiger partial charge in [-0.3, -0.25) is 24.7 Å². The molecular weight excluding hydrogens is 414 g/mol. The molecule has 3 aromatic rings. The van der Waals surface area contributed by atoms with Gasteiger partial charge in [0.2, 0.25) is 5.91 Å². The molecule has 1 aromatic heterocycles. The lowest BCUT2D eigenvalue weighted by atomic mass is 10.1. The minimum Gasteiger partial charge on any atom is -0.311 e. The van der Waals surface area contributed by atoms with Gasteiger partial charge in [-0.25, -0.2) is 4.98 Å². The van der Waals surface area contributed by atoms with E-state index in [2.05, 4.69) is 15.9 Å². The Morgan fingerprint density at radius 1 is 1.06 bits per heavy atom. The summed E-state index contributed by atoms with van der Waals surface area (Å²) < 4.78 is 1.22. The second-order valence-corrected chi connectivity index (χ2v) is 9.11. The van der Waals surface area contributed by atoms with E-state index < -0.39 is 4.92 Å². The van der Waals surface area contributed by atoms with E-state index in [4.69, 9.17) is 4.98 Å². The van der Waals surface area contributed by atoms with E-state index in [-0.39, 0.29) is 11.6 Å². The number of nitrogens with zero attached hydrogens (tertiary/aromatic N) is 5. The highest BCUT2D eigenvalue weighted by Gasteiger charge is 2.28. The maximum Gasteiger partial charge on any atom is 0.269 e. The normalized spacial score (nSPS) is 17.2. The van der Waals surface area contributed by atoms with Crippen LogP contribution in [-0.2, 0) is 17.8 Å². The molecule has 31 heavy (non-hydrogen) atoms. The molecule has 3 heterocycles. The second kappa shape index (κ2) is 8.33. The summed E-state index contributed by atoms with van der Waals surface area (Å²) >= 11 is 1.75. The number of hydrogen-bond donors (Lipinski definition) is 0. The molecule has 2 aromatic carbocycles. The second-order valence-electron chi connectivity index (χ2n) is 7.99. The molecule has 9 heteroatoms. The van der Waals surface area contributed by atoms with E-state index in [9.17, 15) is 14.9 Å². The zero-order valence-electron chi connectivity index (χ0n) is 17.1. The molecule has 1 fully saturated rings. The van der Waals surface area contributed by atoms with Crippen molar-refractivity contribution in [2.24, 2.45) is 0 Å². The Morgan fingerprint density at radius 2 is 1.84 bits per heavy atom. The smallest absolute Gasteiger partial charge is 0.269 e. The van der Waals surface area contributed by atoms with Gasteiger partial charge in [-0.15, -0.1) is 11.3 Å². The third kappa shape index (κ3) is 4.16. The fourth-order valence-corrected chi connectivity index (χ4v) is 5.33. The van der Waals surface area contributed by atoms with E-state index in [1.54, 1.807) is 28.4 Å². The minimum absolute atomic E-state index is 0.0622. The zero-order chi connectivity index (χ0) is 21.4. The van der Waals surface area contributed by atoms with Gasteiger partial charge in [0.1, 0.15) is 5.01 Å². The fraction of sp³-hybridized carbons (Fsp3) is 0.364. The Balaban J connectivity index is 1.15. The minimum atomic E-state index is -0.390. The van der Waals surface area contributed by atoms with E-state index in [1.165, 1.54) is 10.8 Å². The lowest BCUT2D eigenvalue weighted by molar-refractivity contribution is -0.384. The molecule has 5 rings (SSSR count). The van der Waals surface area contributed by atoms with Gasteiger partial charge in [0.05, 0.1) is 28.2 Å². The number of aromatic nitrogens is 1. The van der Waals surface area contributed by atoms with Crippen LogP contribution in [-0.4, -0.2) is 64.9 Å². The van der Waals surface area contributed by atoms with Gasteiger partial charge in [0.25, 0.3) is 5.69 Å². The number of piperazine rings is 1. The lowest BCUT2D eigenvalue weighted by Crippen LogP contribution is -2.49. The van der Waals surface area contributed by atoms with Crippen LogP contribution in [0.2, 0.25) is 0 Å². The van der Waals surface area contributed by atoms with Crippen LogP contribution in [0, 0.1) is 10.1 Å². The molecule has 0 spiro atoms. The summed E-state index contributed by atoms with van der Waals surface area (Å²) in [5, 5.41) is 12.1. The van der Waals surface area contributed by atoms with E-state index in [0.29, 0.717) is 19.5 Å². The van der Waals surface area contributed by atoms with E-state index >= 15 is 0 Å². The van der Waals surface area contributed by atoms with Crippen molar-refractivity contribution in [3.63, 3.8) is 0 Å². The molecule has 1 saturated heterocycles. The Labute approximate surface area is 183 Å². The van der Waals surface area contributed by atoms with Crippen molar-refractivity contribution in [3.8, 4) is 0 Å². The fourth-order valence-electron chi connectivity index (χ4n) is 4.32. The number of nitro benzene ring substituents is 1. The predicted molar refractivity (Wildman–Crippen MR) is 120 cm³/mol. The molecule has 160 valence electrons. The average molecular weight is 438 g/mol. The number of amides is 1. The van der Waals surface area contributed by atoms with Crippen LogP contribution in [0.1, 0.15) is 10.6 Å². The number of para-hydroxylation sites is 1. The largest absolute Gasteiger partial charge is 0.311 e. The summed E-state index contributed by atoms with van der Waals surface area (Å²) in [5.41, 5.74) is 2.83. The maximum atomic E-state index is 12.9. The van der Waals surface area contributed by atoms with Crippen molar-refractivity contribution in [1.29, 1.82) is 0 Å². The first kappa shape index (κ1) is 20.0. The standard InChI is InChI=1S/C22H23N5O3S/c28-22(26-8-7-16-13-17(27(29)30)5-6-19(16)26)15-25-11-9-24(10-12-25)14-21-23-18-3-1-2-4-20(18)31-21/h1-6,13H,7-12,14-15H2. The van der Waals surface area contributed by atoms with Crippen LogP contribution < -0.4 is 4.90 Å². The Kier molecular flexibility index (Phi) is 5.39. The Morgan fingerprint density at radius 3 is 2.61 bits per heavy atom. The van der Waals surface area contributed by atoms with Crippen molar-refractivity contribution in [2.75, 3.05) is 44.2 Å². The summed E-state index contributed by atoms with van der Waals surface area (Å²) in [4.78, 5) is 34.6. The first-order valence-electron chi connectivity index (χ1n) is 10.4. The van der Waals surface area contributed by atoms with Gasteiger partial charge in [0.15, 0.2) is 0 Å². The molecule has 2 aliphatic rings. The Bertz CT molecular complexity index is 1110. The SMILES string of the molecule is O=C(CN1CCN(Cc2nc3ccccc3s2)CC1)N1CCc2cc([N+](=O)[O-])ccc21. The van der Waals surface area contributed by atoms with Crippen molar-refractivity contribution in [3.05, 3.63) is 63.1 Å². The third-order valence-corrected chi connectivity index (χ3v) is 7.01. The van der Waals surface area contributed by atoms with Crippen LogP contribution in [0.3, 0.4) is 0 Å². The summed E-state index contributed by atoms with van der Waals surface area (Å²) in [6, 6.07) is 13.0. The molecule has 1 amide bonds. The highest BCUT2D eigenvalue weighted by Crippen LogP contribution is 2.31. The van der Waals surface area contributed by atoms with Crippen LogP contribution >= 0.6 is 11.3 Å². The van der Waals surface area contributed by atoms with E-state index in [1.807, 2.05) is 18.2 Å². The number of nitro groups is 1. The maximum absolute atomic E-state index is 12.9. The average Bonchev–Trinajstić information content (AvgIpc) is 3.38. The third-order valence-electron chi connectivity index (χ3n) is 5.99. The molecule has 0 bridgehead atoms. The molecule has 0 atom stereocenters. The monoisotopic (exact) mass is 437 g/mol. The number of thiazole rings is 1. The van der Waals surface area contributed by atoms with Gasteiger partial charge in [-0.2, -0.15) is 0 Å². The van der Waals surface area contributed by atoms with Crippen LogP contribution in [0.25, 0.3) is 10.2 Å². The van der Waals surface area contributed by atoms with E-state index in [0.717, 1.165) is 54.5 Å². The first-order chi connectivity index (χ1) is 15.1. The molecule has 0 radical (unpaired) electrons. The predicted octanol–water partition coefficient (Wildman–Crippen LogP) is 2.91. The molecular formula is C22H23N5O3S. The van der Waals surface area contributed by atoms with Gasteiger partial charge >= 0.3 is 0 Å². The number of benzene rings is 2. The summed E-state index contributed by atoms with van der Waals surface area (Å²) in [7, 11) is 0. The van der Waals surface area contributed by atoms with Crippen molar-refractivity contribution < 1.29 is 9.72 Å². The van der Waals surface area contributed by atoms with Gasteiger partial charge in [-0.05, 0) is 30.2 Å².